The van der Waals surface area contributed by atoms with Gasteiger partial charge in [-0.1, -0.05) is 11.6 Å². The lowest BCUT2D eigenvalue weighted by molar-refractivity contribution is -0.130. The number of aliphatic imine (C=N–C) groups is 1. The van der Waals surface area contributed by atoms with Crippen molar-refractivity contribution in [3.05, 3.63) is 69.9 Å². The molecule has 2 aliphatic rings. The minimum absolute atomic E-state index is 0.189. The molecule has 0 N–H and O–H groups in total. The highest BCUT2D eigenvalue weighted by atomic mass is 35.5. The standard InChI is InChI=1S/C21H16ClNO5/c1-25-16-8-14(9-17(10-16)26-2)20-23-18(21(24)28-20)6-12-5-13-7-15(22)3-4-19(13)27-11-12/h3-10H,11H2,1-2H3. The molecule has 0 saturated heterocycles. The molecule has 4 rings (SSSR count). The lowest BCUT2D eigenvalue weighted by Gasteiger charge is -2.16. The molecule has 0 amide bonds. The van der Waals surface area contributed by atoms with Gasteiger partial charge in [0, 0.05) is 22.2 Å². The van der Waals surface area contributed by atoms with Gasteiger partial charge >= 0.3 is 5.97 Å². The number of ether oxygens (including phenoxy) is 4. The number of esters is 1. The third-order valence-electron chi connectivity index (χ3n) is 4.25. The van der Waals surface area contributed by atoms with Crippen molar-refractivity contribution in [2.75, 3.05) is 20.8 Å². The highest BCUT2D eigenvalue weighted by molar-refractivity contribution is 6.30. The van der Waals surface area contributed by atoms with Crippen LogP contribution in [0.25, 0.3) is 6.08 Å². The maximum atomic E-state index is 12.3. The van der Waals surface area contributed by atoms with Crippen molar-refractivity contribution in [1.29, 1.82) is 0 Å². The van der Waals surface area contributed by atoms with E-state index in [2.05, 4.69) is 4.99 Å². The number of methoxy groups -OCH3 is 2. The van der Waals surface area contributed by atoms with Gasteiger partial charge in [0.1, 0.15) is 23.9 Å². The average molecular weight is 398 g/mol. The molecular formula is C21H16ClNO5. The third kappa shape index (κ3) is 3.59. The lowest BCUT2D eigenvalue weighted by atomic mass is 10.1. The van der Waals surface area contributed by atoms with Crippen LogP contribution >= 0.6 is 11.6 Å². The normalized spacial score (nSPS) is 16.7. The summed E-state index contributed by atoms with van der Waals surface area (Å²) in [4.78, 5) is 16.6. The van der Waals surface area contributed by atoms with Gasteiger partial charge in [-0.05, 0) is 48.1 Å². The third-order valence-corrected chi connectivity index (χ3v) is 4.48. The van der Waals surface area contributed by atoms with Gasteiger partial charge in [-0.15, -0.1) is 0 Å². The van der Waals surface area contributed by atoms with E-state index in [0.29, 0.717) is 28.7 Å². The molecule has 6 nitrogen and oxygen atoms in total. The fourth-order valence-electron chi connectivity index (χ4n) is 2.89. The fourth-order valence-corrected chi connectivity index (χ4v) is 3.07. The Bertz CT molecular complexity index is 1030. The first kappa shape index (κ1) is 18.1. The van der Waals surface area contributed by atoms with Crippen LogP contribution in [0.2, 0.25) is 5.02 Å². The molecule has 0 fully saturated rings. The summed E-state index contributed by atoms with van der Waals surface area (Å²) in [5.74, 6) is 1.54. The Balaban J connectivity index is 1.66. The number of hydrogen-bond donors (Lipinski definition) is 0. The van der Waals surface area contributed by atoms with Gasteiger partial charge in [0.25, 0.3) is 0 Å². The van der Waals surface area contributed by atoms with E-state index in [1.807, 2.05) is 12.1 Å². The molecule has 0 atom stereocenters. The summed E-state index contributed by atoms with van der Waals surface area (Å²) in [5, 5.41) is 0.611. The fraction of sp³-hybridized carbons (Fsp3) is 0.143. The largest absolute Gasteiger partial charge is 0.497 e. The number of fused-ring (bicyclic) bond motifs is 1. The quantitative estimate of drug-likeness (QED) is 0.575. The summed E-state index contributed by atoms with van der Waals surface area (Å²) in [7, 11) is 3.10. The van der Waals surface area contributed by atoms with E-state index in [9.17, 15) is 4.79 Å². The van der Waals surface area contributed by atoms with Gasteiger partial charge in [0.2, 0.25) is 5.90 Å². The van der Waals surface area contributed by atoms with Crippen molar-refractivity contribution >= 4 is 29.5 Å². The van der Waals surface area contributed by atoms with E-state index < -0.39 is 5.97 Å². The Labute approximate surface area is 166 Å². The van der Waals surface area contributed by atoms with E-state index in [-0.39, 0.29) is 11.6 Å². The number of hydrogen-bond acceptors (Lipinski definition) is 6. The minimum Gasteiger partial charge on any atom is -0.497 e. The SMILES string of the molecule is COc1cc(OC)cc(C2=NC(=CC3=Cc4cc(Cl)ccc4OC3)C(=O)O2)c1. The van der Waals surface area contributed by atoms with Gasteiger partial charge in [-0.2, -0.15) is 0 Å². The van der Waals surface area contributed by atoms with Crippen LogP contribution in [-0.4, -0.2) is 32.7 Å². The van der Waals surface area contributed by atoms with E-state index in [1.165, 1.54) is 0 Å². The van der Waals surface area contributed by atoms with Gasteiger partial charge in [0.15, 0.2) is 5.70 Å². The molecule has 0 radical (unpaired) electrons. The van der Waals surface area contributed by atoms with Gasteiger partial charge in [0.05, 0.1) is 14.2 Å². The Morgan fingerprint density at radius 1 is 1.11 bits per heavy atom. The predicted molar refractivity (Wildman–Crippen MR) is 105 cm³/mol. The maximum absolute atomic E-state index is 12.3. The summed E-state index contributed by atoms with van der Waals surface area (Å²) in [6, 6.07) is 10.6. The van der Waals surface area contributed by atoms with Crippen molar-refractivity contribution in [1.82, 2.24) is 0 Å². The molecule has 142 valence electrons. The van der Waals surface area contributed by atoms with E-state index in [4.69, 9.17) is 30.5 Å². The number of carbonyl (C=O) groups is 1. The molecule has 28 heavy (non-hydrogen) atoms. The molecule has 2 aliphatic heterocycles. The van der Waals surface area contributed by atoms with E-state index in [1.54, 1.807) is 50.6 Å². The molecule has 2 heterocycles. The van der Waals surface area contributed by atoms with E-state index >= 15 is 0 Å². The van der Waals surface area contributed by atoms with Crippen LogP contribution in [0.15, 0.2) is 58.7 Å². The second-order valence-electron chi connectivity index (χ2n) is 6.13. The average Bonchev–Trinajstić information content (AvgIpc) is 3.07. The van der Waals surface area contributed by atoms with Crippen LogP contribution in [0.5, 0.6) is 17.2 Å². The number of cyclic esters (lactones) is 1. The zero-order chi connectivity index (χ0) is 19.7. The van der Waals surface area contributed by atoms with E-state index in [0.717, 1.165) is 16.9 Å². The number of halogens is 1. The van der Waals surface area contributed by atoms with Gasteiger partial charge in [-0.3, -0.25) is 0 Å². The minimum atomic E-state index is -0.533. The van der Waals surface area contributed by atoms with Gasteiger partial charge in [-0.25, -0.2) is 9.79 Å². The first-order chi connectivity index (χ1) is 13.6. The van der Waals surface area contributed by atoms with Crippen molar-refractivity contribution in [3.63, 3.8) is 0 Å². The molecule has 0 bridgehead atoms. The Morgan fingerprint density at radius 2 is 1.86 bits per heavy atom. The molecule has 2 aromatic carbocycles. The van der Waals surface area contributed by atoms with Gasteiger partial charge < -0.3 is 18.9 Å². The van der Waals surface area contributed by atoms with Crippen LogP contribution in [0, 0.1) is 0 Å². The van der Waals surface area contributed by atoms with Crippen LogP contribution in [0.4, 0.5) is 0 Å². The molecule has 0 aromatic heterocycles. The van der Waals surface area contributed by atoms with Crippen LogP contribution in [-0.2, 0) is 9.53 Å². The summed E-state index contributed by atoms with van der Waals surface area (Å²) in [6.07, 6.45) is 3.56. The number of benzene rings is 2. The molecule has 2 aromatic rings. The smallest absolute Gasteiger partial charge is 0.363 e. The van der Waals surface area contributed by atoms with Crippen molar-refractivity contribution in [3.8, 4) is 17.2 Å². The molecule has 0 aliphatic carbocycles. The first-order valence-corrected chi connectivity index (χ1v) is 8.82. The summed E-state index contributed by atoms with van der Waals surface area (Å²) in [6.45, 7) is 0.323. The number of rotatable bonds is 4. The Kier molecular flexibility index (Phi) is 4.79. The molecule has 0 unspecified atom stereocenters. The summed E-state index contributed by atoms with van der Waals surface area (Å²) in [5.41, 5.74) is 2.41. The Hall–Kier alpha value is -3.25. The lowest BCUT2D eigenvalue weighted by Crippen LogP contribution is -2.08. The molecule has 0 spiro atoms. The van der Waals surface area contributed by atoms with Crippen molar-refractivity contribution < 1.29 is 23.7 Å². The van der Waals surface area contributed by atoms with Crippen molar-refractivity contribution in [2.24, 2.45) is 4.99 Å². The zero-order valence-corrected chi connectivity index (χ0v) is 15.9. The number of carbonyl (C=O) groups excluding carboxylic acids is 1. The summed E-state index contributed by atoms with van der Waals surface area (Å²) < 4.78 is 21.5. The molecule has 7 heteroatoms. The highest BCUT2D eigenvalue weighted by Gasteiger charge is 2.26. The van der Waals surface area contributed by atoms with Crippen LogP contribution in [0.3, 0.4) is 0 Å². The zero-order valence-electron chi connectivity index (χ0n) is 15.2. The Morgan fingerprint density at radius 3 is 2.57 bits per heavy atom. The second kappa shape index (κ2) is 7.40. The van der Waals surface area contributed by atoms with Crippen LogP contribution < -0.4 is 14.2 Å². The predicted octanol–water partition coefficient (Wildman–Crippen LogP) is 4.02. The highest BCUT2D eigenvalue weighted by Crippen LogP contribution is 2.31. The maximum Gasteiger partial charge on any atom is 0.363 e. The monoisotopic (exact) mass is 397 g/mol. The topological polar surface area (TPSA) is 66.3 Å². The second-order valence-corrected chi connectivity index (χ2v) is 6.56. The van der Waals surface area contributed by atoms with Crippen molar-refractivity contribution in [2.45, 2.75) is 0 Å². The summed E-state index contributed by atoms with van der Waals surface area (Å²) >= 11 is 6.04. The van der Waals surface area contributed by atoms with Crippen LogP contribution in [0.1, 0.15) is 11.1 Å². The first-order valence-electron chi connectivity index (χ1n) is 8.44. The number of nitrogens with zero attached hydrogens (tertiary/aromatic N) is 1. The molecule has 0 saturated carbocycles. The molecular weight excluding hydrogens is 382 g/mol.